The van der Waals surface area contributed by atoms with Crippen molar-refractivity contribution in [3.63, 3.8) is 0 Å². The minimum atomic E-state index is -0.331. The number of rotatable bonds is 2. The molecule has 78 valence electrons. The Morgan fingerprint density at radius 1 is 1.36 bits per heavy atom. The van der Waals surface area contributed by atoms with Gasteiger partial charge in [0, 0.05) is 12.1 Å². The molecule has 0 fully saturated rings. The van der Waals surface area contributed by atoms with Gasteiger partial charge in [0.15, 0.2) is 11.5 Å². The molecule has 0 saturated carbocycles. The first-order valence-electron chi connectivity index (χ1n) is 4.64. The maximum Gasteiger partial charge on any atom is 0.166 e. The van der Waals surface area contributed by atoms with E-state index in [1.165, 1.54) is 0 Å². The minimum Gasteiger partial charge on any atom is -0.504 e. The lowest BCUT2D eigenvalue weighted by atomic mass is 10.1. The van der Waals surface area contributed by atoms with Crippen molar-refractivity contribution in [3.8, 4) is 11.5 Å². The Kier molecular flexibility index (Phi) is 3.01. The lowest BCUT2D eigenvalue weighted by Crippen LogP contribution is -2.24. The van der Waals surface area contributed by atoms with Crippen LogP contribution in [-0.2, 0) is 6.54 Å². The summed E-state index contributed by atoms with van der Waals surface area (Å²) in [5.74, 6) is 0.630. The summed E-state index contributed by atoms with van der Waals surface area (Å²) in [7, 11) is 0. The molecule has 0 atom stereocenters. The van der Waals surface area contributed by atoms with E-state index in [1.54, 1.807) is 12.1 Å². The Morgan fingerprint density at radius 3 is 2.50 bits per heavy atom. The van der Waals surface area contributed by atoms with Gasteiger partial charge in [-0.05, 0) is 26.8 Å². The van der Waals surface area contributed by atoms with Gasteiger partial charge in [-0.1, -0.05) is 12.1 Å². The molecular weight excluding hydrogens is 178 g/mol. The van der Waals surface area contributed by atoms with Crippen LogP contribution in [-0.4, -0.2) is 10.7 Å². The topological polar surface area (TPSA) is 55.5 Å². The van der Waals surface area contributed by atoms with E-state index in [0.717, 1.165) is 5.56 Å². The van der Waals surface area contributed by atoms with Gasteiger partial charge in [0.25, 0.3) is 0 Å². The highest BCUT2D eigenvalue weighted by atomic mass is 16.5. The fourth-order valence-electron chi connectivity index (χ4n) is 1.16. The molecule has 0 aliphatic heterocycles. The maximum atomic E-state index is 9.61. The predicted molar refractivity (Wildman–Crippen MR) is 56.4 cm³/mol. The number of hydrogen-bond donors (Lipinski definition) is 2. The van der Waals surface area contributed by atoms with Gasteiger partial charge < -0.3 is 15.6 Å². The number of benzene rings is 1. The molecule has 0 aromatic heterocycles. The van der Waals surface area contributed by atoms with E-state index in [2.05, 4.69) is 0 Å². The zero-order valence-corrected chi connectivity index (χ0v) is 8.87. The van der Waals surface area contributed by atoms with Crippen LogP contribution in [0.5, 0.6) is 11.5 Å². The molecule has 0 amide bonds. The monoisotopic (exact) mass is 195 g/mol. The molecule has 0 spiro atoms. The van der Waals surface area contributed by atoms with Crippen molar-refractivity contribution in [1.82, 2.24) is 0 Å². The van der Waals surface area contributed by atoms with E-state index in [4.69, 9.17) is 10.5 Å². The standard InChI is InChI=1S/C11H17NO2/c1-11(2,3)14-10-8(7-12)5-4-6-9(10)13/h4-6,13H,7,12H2,1-3H3. The number of phenols is 1. The number of para-hydroxylation sites is 1. The lowest BCUT2D eigenvalue weighted by Gasteiger charge is -2.23. The highest BCUT2D eigenvalue weighted by molar-refractivity contribution is 5.45. The molecule has 0 aliphatic carbocycles. The van der Waals surface area contributed by atoms with Gasteiger partial charge in [-0.2, -0.15) is 0 Å². The van der Waals surface area contributed by atoms with Crippen molar-refractivity contribution in [2.75, 3.05) is 0 Å². The van der Waals surface area contributed by atoms with Gasteiger partial charge in [-0.25, -0.2) is 0 Å². The smallest absolute Gasteiger partial charge is 0.166 e. The average molecular weight is 195 g/mol. The molecule has 0 heterocycles. The van der Waals surface area contributed by atoms with E-state index in [1.807, 2.05) is 26.8 Å². The van der Waals surface area contributed by atoms with Gasteiger partial charge in [0.2, 0.25) is 0 Å². The summed E-state index contributed by atoms with van der Waals surface area (Å²) in [6, 6.07) is 5.20. The van der Waals surface area contributed by atoms with Crippen LogP contribution in [0.4, 0.5) is 0 Å². The van der Waals surface area contributed by atoms with Crippen molar-refractivity contribution in [2.45, 2.75) is 32.9 Å². The molecule has 1 aromatic carbocycles. The SMILES string of the molecule is CC(C)(C)Oc1c(O)cccc1CN. The summed E-state index contributed by atoms with van der Waals surface area (Å²) in [6.45, 7) is 6.15. The highest BCUT2D eigenvalue weighted by Crippen LogP contribution is 2.32. The molecule has 3 nitrogen and oxygen atoms in total. The number of aromatic hydroxyl groups is 1. The second kappa shape index (κ2) is 3.88. The average Bonchev–Trinajstić information content (AvgIpc) is 2.06. The summed E-state index contributed by atoms with van der Waals surface area (Å²) < 4.78 is 5.62. The van der Waals surface area contributed by atoms with Crippen LogP contribution in [0.2, 0.25) is 0 Å². The Labute approximate surface area is 84.5 Å². The number of nitrogens with two attached hydrogens (primary N) is 1. The number of ether oxygens (including phenoxy) is 1. The zero-order chi connectivity index (χ0) is 10.8. The van der Waals surface area contributed by atoms with Crippen LogP contribution in [0.15, 0.2) is 18.2 Å². The Balaban J connectivity index is 3.05. The lowest BCUT2D eigenvalue weighted by molar-refractivity contribution is 0.124. The largest absolute Gasteiger partial charge is 0.504 e. The fourth-order valence-corrected chi connectivity index (χ4v) is 1.16. The third-order valence-electron chi connectivity index (χ3n) is 1.70. The Hall–Kier alpha value is -1.22. The number of phenolic OH excluding ortho intramolecular Hbond substituents is 1. The quantitative estimate of drug-likeness (QED) is 0.759. The summed E-state index contributed by atoms with van der Waals surface area (Å²) in [4.78, 5) is 0. The van der Waals surface area contributed by atoms with Crippen molar-refractivity contribution < 1.29 is 9.84 Å². The van der Waals surface area contributed by atoms with Crippen molar-refractivity contribution in [3.05, 3.63) is 23.8 Å². The first-order valence-corrected chi connectivity index (χ1v) is 4.64. The second-order valence-electron chi connectivity index (χ2n) is 4.18. The third kappa shape index (κ3) is 2.64. The zero-order valence-electron chi connectivity index (χ0n) is 8.87. The molecule has 1 rings (SSSR count). The highest BCUT2D eigenvalue weighted by Gasteiger charge is 2.16. The van der Waals surface area contributed by atoms with Crippen molar-refractivity contribution >= 4 is 0 Å². The Bertz CT molecular complexity index is 316. The third-order valence-corrected chi connectivity index (χ3v) is 1.70. The minimum absolute atomic E-state index is 0.142. The van der Waals surface area contributed by atoms with Gasteiger partial charge in [0.05, 0.1) is 0 Å². The molecule has 3 N–H and O–H groups in total. The normalized spacial score (nSPS) is 11.4. The van der Waals surface area contributed by atoms with Gasteiger partial charge in [-0.15, -0.1) is 0 Å². The first kappa shape index (κ1) is 10.9. The van der Waals surface area contributed by atoms with Gasteiger partial charge >= 0.3 is 0 Å². The van der Waals surface area contributed by atoms with E-state index in [-0.39, 0.29) is 11.4 Å². The molecule has 0 bridgehead atoms. The number of hydrogen-bond acceptors (Lipinski definition) is 3. The van der Waals surface area contributed by atoms with Crippen LogP contribution in [0, 0.1) is 0 Å². The summed E-state index contributed by atoms with van der Waals surface area (Å²) >= 11 is 0. The van der Waals surface area contributed by atoms with Crippen LogP contribution in [0.1, 0.15) is 26.3 Å². The van der Waals surface area contributed by atoms with Crippen molar-refractivity contribution in [2.24, 2.45) is 5.73 Å². The van der Waals surface area contributed by atoms with Crippen LogP contribution < -0.4 is 10.5 Å². The molecule has 0 radical (unpaired) electrons. The summed E-state index contributed by atoms with van der Waals surface area (Å²) in [5, 5.41) is 9.61. The van der Waals surface area contributed by atoms with E-state index < -0.39 is 0 Å². The van der Waals surface area contributed by atoms with E-state index in [9.17, 15) is 5.11 Å². The summed E-state index contributed by atoms with van der Waals surface area (Å²) in [6.07, 6.45) is 0. The van der Waals surface area contributed by atoms with E-state index in [0.29, 0.717) is 12.3 Å². The molecule has 0 aliphatic rings. The van der Waals surface area contributed by atoms with Crippen molar-refractivity contribution in [1.29, 1.82) is 0 Å². The van der Waals surface area contributed by atoms with E-state index >= 15 is 0 Å². The molecule has 14 heavy (non-hydrogen) atoms. The summed E-state index contributed by atoms with van der Waals surface area (Å²) in [5.41, 5.74) is 6.04. The molecular formula is C11H17NO2. The van der Waals surface area contributed by atoms with Crippen LogP contribution in [0.3, 0.4) is 0 Å². The predicted octanol–water partition coefficient (Wildman–Crippen LogP) is 2.03. The Morgan fingerprint density at radius 2 is 2.00 bits per heavy atom. The van der Waals surface area contributed by atoms with Crippen LogP contribution in [0.25, 0.3) is 0 Å². The van der Waals surface area contributed by atoms with Gasteiger partial charge in [-0.3, -0.25) is 0 Å². The second-order valence-corrected chi connectivity index (χ2v) is 4.18. The first-order chi connectivity index (χ1) is 6.44. The molecule has 0 saturated heterocycles. The maximum absolute atomic E-state index is 9.61. The fraction of sp³-hybridized carbons (Fsp3) is 0.455. The van der Waals surface area contributed by atoms with Gasteiger partial charge in [0.1, 0.15) is 5.60 Å². The molecule has 0 unspecified atom stereocenters. The molecule has 3 heteroatoms. The van der Waals surface area contributed by atoms with Crippen LogP contribution >= 0.6 is 0 Å². The molecule has 1 aromatic rings.